The molecule has 0 aromatic heterocycles. The fourth-order valence-electron chi connectivity index (χ4n) is 3.32. The Morgan fingerprint density at radius 1 is 1.38 bits per heavy atom. The first-order valence-electron chi connectivity index (χ1n) is 7.55. The number of hydrogen-bond donors (Lipinski definition) is 1. The van der Waals surface area contributed by atoms with Gasteiger partial charge in [-0.05, 0) is 37.4 Å². The molecule has 21 heavy (non-hydrogen) atoms. The third-order valence-electron chi connectivity index (χ3n) is 4.60. The van der Waals surface area contributed by atoms with Crippen LogP contribution in [0.2, 0.25) is 5.02 Å². The van der Waals surface area contributed by atoms with Crippen molar-refractivity contribution in [1.29, 1.82) is 0 Å². The van der Waals surface area contributed by atoms with Gasteiger partial charge in [-0.25, -0.2) is 0 Å². The molecule has 4 nitrogen and oxygen atoms in total. The molecule has 0 aliphatic carbocycles. The second-order valence-corrected chi connectivity index (χ2v) is 6.67. The number of rotatable bonds is 3. The first-order valence-corrected chi connectivity index (χ1v) is 7.93. The van der Waals surface area contributed by atoms with Crippen LogP contribution in [-0.2, 0) is 12.8 Å². The summed E-state index contributed by atoms with van der Waals surface area (Å²) in [5, 5.41) is 11.4. The largest absolute Gasteiger partial charge is 0.493 e. The maximum Gasteiger partial charge on any atom is 0.126 e. The molecule has 0 bridgehead atoms. The van der Waals surface area contributed by atoms with Crippen molar-refractivity contribution in [3.63, 3.8) is 0 Å². The summed E-state index contributed by atoms with van der Waals surface area (Å²) in [4.78, 5) is 4.52. The van der Waals surface area contributed by atoms with Crippen LogP contribution >= 0.6 is 11.6 Å². The smallest absolute Gasteiger partial charge is 0.126 e. The van der Waals surface area contributed by atoms with E-state index in [1.807, 2.05) is 12.1 Å². The molecule has 2 unspecified atom stereocenters. The summed E-state index contributed by atoms with van der Waals surface area (Å²) < 4.78 is 5.73. The van der Waals surface area contributed by atoms with Crippen molar-refractivity contribution in [2.45, 2.75) is 25.0 Å². The summed E-state index contributed by atoms with van der Waals surface area (Å²) in [6.07, 6.45) is 1.08. The van der Waals surface area contributed by atoms with Crippen LogP contribution in [0.4, 0.5) is 0 Å². The van der Waals surface area contributed by atoms with Gasteiger partial charge in [0.25, 0.3) is 0 Å². The number of nitrogens with zero attached hydrogens (tertiary/aromatic N) is 2. The topological polar surface area (TPSA) is 35.9 Å². The lowest BCUT2D eigenvalue weighted by Gasteiger charge is -2.40. The fraction of sp³-hybridized carbons (Fsp3) is 0.625. The molecule has 0 amide bonds. The molecule has 116 valence electrons. The number of aliphatic hydroxyl groups is 1. The van der Waals surface area contributed by atoms with Gasteiger partial charge in [-0.1, -0.05) is 11.6 Å². The summed E-state index contributed by atoms with van der Waals surface area (Å²) in [7, 11) is 4.19. The average molecular weight is 311 g/mol. The number of halogens is 1. The molecule has 0 radical (unpaired) electrons. The van der Waals surface area contributed by atoms with Gasteiger partial charge in [-0.15, -0.1) is 0 Å². The lowest BCUT2D eigenvalue weighted by molar-refractivity contribution is 0.0150. The van der Waals surface area contributed by atoms with E-state index in [4.69, 9.17) is 16.3 Å². The molecule has 2 atom stereocenters. The highest BCUT2D eigenvalue weighted by Crippen LogP contribution is 2.34. The van der Waals surface area contributed by atoms with Gasteiger partial charge >= 0.3 is 0 Å². The molecule has 1 aromatic carbocycles. The van der Waals surface area contributed by atoms with E-state index in [2.05, 4.69) is 23.9 Å². The van der Waals surface area contributed by atoms with Crippen LogP contribution in [-0.4, -0.2) is 67.4 Å². The second kappa shape index (κ2) is 6.13. The van der Waals surface area contributed by atoms with Gasteiger partial charge < -0.3 is 14.7 Å². The Bertz CT molecular complexity index is 523. The molecule has 0 spiro atoms. The van der Waals surface area contributed by atoms with Gasteiger partial charge in [0.2, 0.25) is 0 Å². The van der Waals surface area contributed by atoms with Gasteiger partial charge in [0.05, 0.1) is 12.7 Å². The van der Waals surface area contributed by atoms with Crippen molar-refractivity contribution in [3.05, 3.63) is 28.3 Å². The predicted octanol–water partition coefficient (Wildman–Crippen LogP) is 1.42. The van der Waals surface area contributed by atoms with Crippen molar-refractivity contribution < 1.29 is 9.84 Å². The van der Waals surface area contributed by atoms with Gasteiger partial charge in [-0.2, -0.15) is 0 Å². The van der Waals surface area contributed by atoms with Crippen molar-refractivity contribution in [1.82, 2.24) is 9.80 Å². The Labute approximate surface area is 131 Å². The van der Waals surface area contributed by atoms with Crippen LogP contribution in [0.5, 0.6) is 5.75 Å². The average Bonchev–Trinajstić information content (AvgIpc) is 2.89. The van der Waals surface area contributed by atoms with Crippen molar-refractivity contribution in [2.75, 3.05) is 40.3 Å². The third-order valence-corrected chi connectivity index (χ3v) is 4.82. The van der Waals surface area contributed by atoms with Gasteiger partial charge in [0.1, 0.15) is 5.75 Å². The number of fused-ring (bicyclic) bond motifs is 1. The van der Waals surface area contributed by atoms with E-state index >= 15 is 0 Å². The zero-order chi connectivity index (χ0) is 15.0. The van der Waals surface area contributed by atoms with E-state index in [0.29, 0.717) is 13.0 Å². The van der Waals surface area contributed by atoms with Crippen molar-refractivity contribution in [2.24, 2.45) is 0 Å². The highest BCUT2D eigenvalue weighted by atomic mass is 35.5. The van der Waals surface area contributed by atoms with Crippen LogP contribution in [0.15, 0.2) is 12.1 Å². The third kappa shape index (κ3) is 3.19. The Morgan fingerprint density at radius 2 is 2.19 bits per heavy atom. The molecule has 5 heteroatoms. The number of benzene rings is 1. The quantitative estimate of drug-likeness (QED) is 0.916. The van der Waals surface area contributed by atoms with E-state index in [-0.39, 0.29) is 6.04 Å². The molecule has 1 N–H and O–H groups in total. The van der Waals surface area contributed by atoms with Crippen LogP contribution in [0.1, 0.15) is 11.1 Å². The number of aliphatic hydroxyl groups excluding tert-OH is 1. The lowest BCUT2D eigenvalue weighted by Crippen LogP contribution is -2.55. The first kappa shape index (κ1) is 15.1. The zero-order valence-corrected chi connectivity index (χ0v) is 13.4. The van der Waals surface area contributed by atoms with Gasteiger partial charge in [0.15, 0.2) is 0 Å². The molecule has 2 aliphatic heterocycles. The molecular weight excluding hydrogens is 288 g/mol. The lowest BCUT2D eigenvalue weighted by atomic mass is 9.97. The molecule has 2 heterocycles. The van der Waals surface area contributed by atoms with Crippen LogP contribution < -0.4 is 4.74 Å². The van der Waals surface area contributed by atoms with Crippen molar-refractivity contribution >= 4 is 11.6 Å². The number of piperazine rings is 1. The molecule has 3 rings (SSSR count). The molecule has 1 saturated heterocycles. The van der Waals surface area contributed by atoms with Crippen LogP contribution in [0.3, 0.4) is 0 Å². The molecular formula is C16H23ClN2O2. The van der Waals surface area contributed by atoms with Gasteiger partial charge in [-0.3, -0.25) is 4.90 Å². The van der Waals surface area contributed by atoms with E-state index in [9.17, 15) is 5.11 Å². The molecule has 1 fully saturated rings. The minimum Gasteiger partial charge on any atom is -0.493 e. The zero-order valence-electron chi connectivity index (χ0n) is 12.7. The SMILES string of the molecule is CN1CCN(C)C(C(O)Cc2cc(Cl)cc3c2OCC3)C1. The predicted molar refractivity (Wildman–Crippen MR) is 84.3 cm³/mol. The maximum atomic E-state index is 10.7. The van der Waals surface area contributed by atoms with Crippen molar-refractivity contribution in [3.8, 4) is 5.75 Å². The summed E-state index contributed by atoms with van der Waals surface area (Å²) in [6, 6.07) is 4.06. The normalized spacial score (nSPS) is 24.7. The van der Waals surface area contributed by atoms with E-state index in [1.165, 1.54) is 5.56 Å². The minimum absolute atomic E-state index is 0.153. The fourth-order valence-corrected chi connectivity index (χ4v) is 3.58. The summed E-state index contributed by atoms with van der Waals surface area (Å²) in [5.74, 6) is 0.935. The highest BCUT2D eigenvalue weighted by Gasteiger charge is 2.30. The number of likely N-dealkylation sites (N-methyl/N-ethyl adjacent to an activating group) is 2. The summed E-state index contributed by atoms with van der Waals surface area (Å²) in [5.41, 5.74) is 2.20. The Kier molecular flexibility index (Phi) is 4.41. The van der Waals surface area contributed by atoms with E-state index in [0.717, 1.165) is 42.4 Å². The molecule has 1 aromatic rings. The van der Waals surface area contributed by atoms with E-state index in [1.54, 1.807) is 0 Å². The van der Waals surface area contributed by atoms with Crippen LogP contribution in [0.25, 0.3) is 0 Å². The van der Waals surface area contributed by atoms with Crippen LogP contribution in [0, 0.1) is 0 Å². The minimum atomic E-state index is -0.412. The standard InChI is InChI=1S/C16H23ClN2O2/c1-18-4-5-19(2)14(10-18)15(20)9-12-8-13(17)7-11-3-6-21-16(11)12/h7-8,14-15,20H,3-6,9-10H2,1-2H3. The second-order valence-electron chi connectivity index (χ2n) is 6.23. The Balaban J connectivity index is 1.77. The maximum absolute atomic E-state index is 10.7. The Hall–Kier alpha value is -0.810. The molecule has 2 aliphatic rings. The monoisotopic (exact) mass is 310 g/mol. The summed E-state index contributed by atoms with van der Waals surface area (Å²) >= 11 is 6.19. The summed E-state index contributed by atoms with van der Waals surface area (Å²) in [6.45, 7) is 3.64. The van der Waals surface area contributed by atoms with E-state index < -0.39 is 6.10 Å². The van der Waals surface area contributed by atoms with Gasteiger partial charge in [0, 0.05) is 43.5 Å². The first-order chi connectivity index (χ1) is 10.0. The number of ether oxygens (including phenoxy) is 1. The molecule has 0 saturated carbocycles. The highest BCUT2D eigenvalue weighted by molar-refractivity contribution is 6.30. The number of hydrogen-bond acceptors (Lipinski definition) is 4. The Morgan fingerprint density at radius 3 is 3.00 bits per heavy atom.